The maximum atomic E-state index is 12.6. The molecular weight excluding hydrogens is 192 g/mol. The first-order chi connectivity index (χ1) is 6.59. The maximum Gasteiger partial charge on any atom is 0.340 e. The van der Waals surface area contributed by atoms with Crippen molar-refractivity contribution in [3.05, 3.63) is 30.1 Å². The van der Waals surface area contributed by atoms with Gasteiger partial charge >= 0.3 is 5.97 Å². The molecule has 0 aliphatic rings. The summed E-state index contributed by atoms with van der Waals surface area (Å²) in [6, 6.07) is 5.22. The summed E-state index contributed by atoms with van der Waals surface area (Å²) in [4.78, 5) is 10.1. The van der Waals surface area contributed by atoms with Gasteiger partial charge in [0, 0.05) is 5.69 Å². The van der Waals surface area contributed by atoms with E-state index in [1.807, 2.05) is 0 Å². The standard InChI is InChI=1S/C9H9F2NO2/c10-6-1-3-7(4-2-6)12-5-8(11)9(13)14/h1-4,8,12H,5H2,(H,13,14). The first kappa shape index (κ1) is 10.4. The predicted molar refractivity (Wildman–Crippen MR) is 47.4 cm³/mol. The Morgan fingerprint density at radius 3 is 2.50 bits per heavy atom. The van der Waals surface area contributed by atoms with E-state index in [0.29, 0.717) is 5.69 Å². The van der Waals surface area contributed by atoms with Crippen LogP contribution in [0.2, 0.25) is 0 Å². The second-order valence-corrected chi connectivity index (χ2v) is 2.69. The molecule has 5 heteroatoms. The molecule has 0 saturated carbocycles. The number of rotatable bonds is 4. The highest BCUT2D eigenvalue weighted by molar-refractivity contribution is 5.72. The Morgan fingerprint density at radius 2 is 2.00 bits per heavy atom. The molecular formula is C9H9F2NO2. The number of hydrogen-bond acceptors (Lipinski definition) is 2. The lowest BCUT2D eigenvalue weighted by molar-refractivity contribution is -0.142. The molecule has 0 fully saturated rings. The Bertz CT molecular complexity index is 313. The first-order valence-electron chi connectivity index (χ1n) is 3.96. The van der Waals surface area contributed by atoms with E-state index in [1.165, 1.54) is 24.3 Å². The monoisotopic (exact) mass is 201 g/mol. The van der Waals surface area contributed by atoms with Crippen molar-refractivity contribution in [2.45, 2.75) is 6.17 Å². The fourth-order valence-electron chi connectivity index (χ4n) is 0.863. The summed E-state index contributed by atoms with van der Waals surface area (Å²) in [6.45, 7) is -0.332. The smallest absolute Gasteiger partial charge is 0.340 e. The van der Waals surface area contributed by atoms with Gasteiger partial charge in [-0.15, -0.1) is 0 Å². The molecule has 1 rings (SSSR count). The summed E-state index contributed by atoms with van der Waals surface area (Å²) in [5.41, 5.74) is 0.482. The molecule has 0 amide bonds. The van der Waals surface area contributed by atoms with Crippen LogP contribution < -0.4 is 5.32 Å². The van der Waals surface area contributed by atoms with E-state index in [1.54, 1.807) is 0 Å². The summed E-state index contributed by atoms with van der Waals surface area (Å²) in [6.07, 6.45) is -1.96. The van der Waals surface area contributed by atoms with Crippen LogP contribution in [-0.4, -0.2) is 23.8 Å². The molecule has 0 aliphatic carbocycles. The third-order valence-corrected chi connectivity index (χ3v) is 1.60. The Morgan fingerprint density at radius 1 is 1.43 bits per heavy atom. The number of halogens is 2. The summed E-state index contributed by atoms with van der Waals surface area (Å²) >= 11 is 0. The van der Waals surface area contributed by atoms with E-state index in [4.69, 9.17) is 5.11 Å². The fourth-order valence-corrected chi connectivity index (χ4v) is 0.863. The average molecular weight is 201 g/mol. The van der Waals surface area contributed by atoms with Gasteiger partial charge in [0.1, 0.15) is 5.82 Å². The third-order valence-electron chi connectivity index (χ3n) is 1.60. The molecule has 1 atom stereocenters. The van der Waals surface area contributed by atoms with Crippen molar-refractivity contribution in [2.24, 2.45) is 0 Å². The summed E-state index contributed by atoms with van der Waals surface area (Å²) in [5.74, 6) is -1.91. The Balaban J connectivity index is 2.46. The molecule has 0 spiro atoms. The number of nitrogens with one attached hydrogen (secondary N) is 1. The van der Waals surface area contributed by atoms with Crippen LogP contribution in [0.4, 0.5) is 14.5 Å². The van der Waals surface area contributed by atoms with Crippen LogP contribution in [0.3, 0.4) is 0 Å². The van der Waals surface area contributed by atoms with E-state index in [2.05, 4.69) is 5.32 Å². The maximum absolute atomic E-state index is 12.6. The van der Waals surface area contributed by atoms with Crippen molar-refractivity contribution < 1.29 is 18.7 Å². The second kappa shape index (κ2) is 4.55. The quantitative estimate of drug-likeness (QED) is 0.778. The lowest BCUT2D eigenvalue weighted by atomic mass is 10.3. The number of anilines is 1. The number of carboxylic acids is 1. The molecule has 0 radical (unpaired) electrons. The van der Waals surface area contributed by atoms with E-state index in [-0.39, 0.29) is 6.54 Å². The molecule has 0 aromatic heterocycles. The van der Waals surface area contributed by atoms with Crippen molar-refractivity contribution >= 4 is 11.7 Å². The molecule has 14 heavy (non-hydrogen) atoms. The van der Waals surface area contributed by atoms with Crippen molar-refractivity contribution in [3.8, 4) is 0 Å². The number of carbonyl (C=O) groups is 1. The molecule has 2 N–H and O–H groups in total. The highest BCUT2D eigenvalue weighted by Crippen LogP contribution is 2.08. The minimum Gasteiger partial charge on any atom is -0.479 e. The molecule has 1 aromatic rings. The third kappa shape index (κ3) is 3.01. The lowest BCUT2D eigenvalue weighted by Gasteiger charge is -2.06. The van der Waals surface area contributed by atoms with Crippen LogP contribution in [0.25, 0.3) is 0 Å². The highest BCUT2D eigenvalue weighted by Gasteiger charge is 2.14. The number of carboxylic acid groups (broad SMARTS) is 1. The molecule has 76 valence electrons. The molecule has 0 saturated heterocycles. The van der Waals surface area contributed by atoms with Gasteiger partial charge in [-0.1, -0.05) is 0 Å². The number of benzene rings is 1. The zero-order valence-corrected chi connectivity index (χ0v) is 7.21. The number of hydrogen-bond donors (Lipinski definition) is 2. The Kier molecular flexibility index (Phi) is 3.39. The van der Waals surface area contributed by atoms with Gasteiger partial charge in [0.2, 0.25) is 6.17 Å². The van der Waals surface area contributed by atoms with Gasteiger partial charge in [0.25, 0.3) is 0 Å². The first-order valence-corrected chi connectivity index (χ1v) is 3.96. The van der Waals surface area contributed by atoms with E-state index >= 15 is 0 Å². The predicted octanol–water partition coefficient (Wildman–Crippen LogP) is 1.66. The minimum atomic E-state index is -1.96. The van der Waals surface area contributed by atoms with E-state index < -0.39 is 18.0 Å². The minimum absolute atomic E-state index is 0.332. The van der Waals surface area contributed by atoms with Crippen LogP contribution >= 0.6 is 0 Å². The second-order valence-electron chi connectivity index (χ2n) is 2.69. The normalized spacial score (nSPS) is 12.1. The molecule has 3 nitrogen and oxygen atoms in total. The highest BCUT2D eigenvalue weighted by atomic mass is 19.1. The van der Waals surface area contributed by atoms with Gasteiger partial charge in [-0.25, -0.2) is 13.6 Å². The molecule has 0 aliphatic heterocycles. The molecule has 0 bridgehead atoms. The Labute approximate surface area is 79.4 Å². The molecule has 1 unspecified atom stereocenters. The topological polar surface area (TPSA) is 49.3 Å². The van der Waals surface area contributed by atoms with Gasteiger partial charge in [-0.05, 0) is 24.3 Å². The SMILES string of the molecule is O=C(O)C(F)CNc1ccc(F)cc1. The van der Waals surface area contributed by atoms with Crippen molar-refractivity contribution in [3.63, 3.8) is 0 Å². The van der Waals surface area contributed by atoms with Crippen molar-refractivity contribution in [2.75, 3.05) is 11.9 Å². The van der Waals surface area contributed by atoms with Gasteiger partial charge in [-0.2, -0.15) is 0 Å². The molecule has 0 heterocycles. The summed E-state index contributed by atoms with van der Waals surface area (Å²) in [5, 5.41) is 10.8. The lowest BCUT2D eigenvalue weighted by Crippen LogP contribution is -2.23. The Hall–Kier alpha value is -1.65. The van der Waals surface area contributed by atoms with Crippen molar-refractivity contribution in [1.82, 2.24) is 0 Å². The van der Waals surface area contributed by atoms with E-state index in [9.17, 15) is 13.6 Å². The zero-order chi connectivity index (χ0) is 10.6. The number of aliphatic carboxylic acids is 1. The van der Waals surface area contributed by atoms with E-state index in [0.717, 1.165) is 0 Å². The van der Waals surface area contributed by atoms with Gasteiger partial charge < -0.3 is 10.4 Å². The van der Waals surface area contributed by atoms with Gasteiger partial charge in [0.15, 0.2) is 0 Å². The van der Waals surface area contributed by atoms with Gasteiger partial charge in [-0.3, -0.25) is 0 Å². The largest absolute Gasteiger partial charge is 0.479 e. The molecule has 1 aromatic carbocycles. The van der Waals surface area contributed by atoms with Crippen LogP contribution in [0.5, 0.6) is 0 Å². The number of alkyl halides is 1. The van der Waals surface area contributed by atoms with Crippen molar-refractivity contribution in [1.29, 1.82) is 0 Å². The van der Waals surface area contributed by atoms with Gasteiger partial charge in [0.05, 0.1) is 6.54 Å². The summed E-state index contributed by atoms with van der Waals surface area (Å²) in [7, 11) is 0. The van der Waals surface area contributed by atoms with Crippen LogP contribution in [0, 0.1) is 5.82 Å². The summed E-state index contributed by atoms with van der Waals surface area (Å²) < 4.78 is 25.0. The van der Waals surface area contributed by atoms with Crippen LogP contribution in [0.15, 0.2) is 24.3 Å². The van der Waals surface area contributed by atoms with Crippen LogP contribution in [-0.2, 0) is 4.79 Å². The fraction of sp³-hybridized carbons (Fsp3) is 0.222. The van der Waals surface area contributed by atoms with Crippen LogP contribution in [0.1, 0.15) is 0 Å². The average Bonchev–Trinajstić information content (AvgIpc) is 2.16. The zero-order valence-electron chi connectivity index (χ0n) is 7.21.